The molecular formula is C6H11Cl2N. The predicted octanol–water partition coefficient (Wildman–Crippen LogP) is 2.23. The third-order valence-corrected chi connectivity index (χ3v) is 2.22. The first-order chi connectivity index (χ1) is 4.30. The number of nitrogens with zero attached hydrogens (tertiary/aromatic N) is 1. The lowest BCUT2D eigenvalue weighted by molar-refractivity contribution is 0.246. The van der Waals surface area contributed by atoms with Gasteiger partial charge in [0.25, 0.3) is 0 Å². The first-order valence-electron chi connectivity index (χ1n) is 3.33. The van der Waals surface area contributed by atoms with Crippen LogP contribution in [0.25, 0.3) is 0 Å². The third kappa shape index (κ3) is 2.32. The highest BCUT2D eigenvalue weighted by Gasteiger charge is 2.14. The van der Waals surface area contributed by atoms with E-state index in [1.54, 1.807) is 0 Å². The van der Waals surface area contributed by atoms with E-state index in [2.05, 4.69) is 4.90 Å². The van der Waals surface area contributed by atoms with Crippen molar-refractivity contribution < 1.29 is 0 Å². The lowest BCUT2D eigenvalue weighted by Crippen LogP contribution is -2.32. The Balaban J connectivity index is 2.23. The molecule has 1 heterocycles. The average molecular weight is 168 g/mol. The van der Waals surface area contributed by atoms with E-state index in [-0.39, 0.29) is 4.96 Å². The highest BCUT2D eigenvalue weighted by molar-refractivity contribution is 6.43. The monoisotopic (exact) mass is 167 g/mol. The number of piperidine rings is 1. The molecule has 3 heteroatoms. The minimum absolute atomic E-state index is 0.287. The third-order valence-electron chi connectivity index (χ3n) is 1.67. The van der Waals surface area contributed by atoms with E-state index in [1.807, 2.05) is 0 Å². The van der Waals surface area contributed by atoms with Gasteiger partial charge >= 0.3 is 0 Å². The van der Waals surface area contributed by atoms with E-state index in [0.717, 1.165) is 13.1 Å². The first-order valence-corrected chi connectivity index (χ1v) is 4.20. The predicted molar refractivity (Wildman–Crippen MR) is 40.9 cm³/mol. The molecule has 0 radical (unpaired) electrons. The summed E-state index contributed by atoms with van der Waals surface area (Å²) >= 11 is 11.3. The Bertz CT molecular complexity index is 79.1. The molecule has 9 heavy (non-hydrogen) atoms. The summed E-state index contributed by atoms with van der Waals surface area (Å²) in [6.45, 7) is 2.13. The molecule has 0 saturated carbocycles. The maximum atomic E-state index is 5.65. The molecule has 0 aliphatic carbocycles. The molecule has 0 atom stereocenters. The largest absolute Gasteiger partial charge is 0.275 e. The standard InChI is InChI=1S/C6H11Cl2N/c7-6(8)9-4-2-1-3-5-9/h6H,1-5H2. The highest BCUT2D eigenvalue weighted by atomic mass is 35.5. The summed E-state index contributed by atoms with van der Waals surface area (Å²) in [6, 6.07) is 0. The van der Waals surface area contributed by atoms with E-state index in [4.69, 9.17) is 23.2 Å². The summed E-state index contributed by atoms with van der Waals surface area (Å²) in [5, 5.41) is 0. The smallest absolute Gasteiger partial charge is 0.160 e. The molecular weight excluding hydrogens is 157 g/mol. The Kier molecular flexibility index (Phi) is 3.10. The molecule has 1 saturated heterocycles. The van der Waals surface area contributed by atoms with Gasteiger partial charge in [0.15, 0.2) is 4.96 Å². The molecule has 0 aromatic carbocycles. The number of likely N-dealkylation sites (tertiary alicyclic amines) is 1. The van der Waals surface area contributed by atoms with Gasteiger partial charge in [-0.1, -0.05) is 29.6 Å². The number of hydrogen-bond donors (Lipinski definition) is 0. The summed E-state index contributed by atoms with van der Waals surface area (Å²) in [6.07, 6.45) is 3.82. The van der Waals surface area contributed by atoms with Crippen LogP contribution < -0.4 is 0 Å². The fourth-order valence-electron chi connectivity index (χ4n) is 1.11. The van der Waals surface area contributed by atoms with E-state index >= 15 is 0 Å². The molecule has 1 rings (SSSR count). The van der Waals surface area contributed by atoms with E-state index in [1.165, 1.54) is 19.3 Å². The molecule has 1 fully saturated rings. The Morgan fingerprint density at radius 2 is 1.56 bits per heavy atom. The van der Waals surface area contributed by atoms with E-state index in [9.17, 15) is 0 Å². The van der Waals surface area contributed by atoms with Gasteiger partial charge in [0.1, 0.15) is 0 Å². The minimum atomic E-state index is -0.287. The summed E-state index contributed by atoms with van der Waals surface area (Å²) in [7, 11) is 0. The quantitative estimate of drug-likeness (QED) is 0.428. The van der Waals surface area contributed by atoms with Crippen LogP contribution in [0, 0.1) is 0 Å². The van der Waals surface area contributed by atoms with Crippen molar-refractivity contribution in [2.75, 3.05) is 13.1 Å². The molecule has 0 aromatic rings. The van der Waals surface area contributed by atoms with Crippen LogP contribution in [0.5, 0.6) is 0 Å². The minimum Gasteiger partial charge on any atom is -0.275 e. The van der Waals surface area contributed by atoms with Crippen molar-refractivity contribution >= 4 is 23.2 Å². The molecule has 0 aromatic heterocycles. The van der Waals surface area contributed by atoms with Gasteiger partial charge in [-0.25, -0.2) is 0 Å². The average Bonchev–Trinajstić information content (AvgIpc) is 1.90. The number of hydrogen-bond acceptors (Lipinski definition) is 1. The topological polar surface area (TPSA) is 3.24 Å². The molecule has 1 aliphatic heterocycles. The number of alkyl halides is 2. The lowest BCUT2D eigenvalue weighted by atomic mass is 10.1. The zero-order valence-corrected chi connectivity index (χ0v) is 6.83. The van der Waals surface area contributed by atoms with Crippen LogP contribution in [-0.2, 0) is 0 Å². The van der Waals surface area contributed by atoms with Gasteiger partial charge in [-0.2, -0.15) is 0 Å². The van der Waals surface area contributed by atoms with Gasteiger partial charge in [-0.05, 0) is 12.8 Å². The fraction of sp³-hybridized carbons (Fsp3) is 1.00. The number of rotatable bonds is 1. The van der Waals surface area contributed by atoms with Crippen molar-refractivity contribution in [3.05, 3.63) is 0 Å². The Labute approximate surface area is 65.9 Å². The Morgan fingerprint density at radius 1 is 1.00 bits per heavy atom. The molecule has 0 unspecified atom stereocenters. The highest BCUT2D eigenvalue weighted by Crippen LogP contribution is 2.16. The number of halogens is 2. The molecule has 0 spiro atoms. The molecule has 1 aliphatic rings. The molecule has 1 nitrogen and oxygen atoms in total. The van der Waals surface area contributed by atoms with Gasteiger partial charge in [-0.3, -0.25) is 4.90 Å². The SMILES string of the molecule is ClC(Cl)N1CCCCC1. The van der Waals surface area contributed by atoms with Crippen LogP contribution >= 0.6 is 23.2 Å². The van der Waals surface area contributed by atoms with Gasteiger partial charge in [-0.15, -0.1) is 0 Å². The van der Waals surface area contributed by atoms with Crippen LogP contribution in [0.4, 0.5) is 0 Å². The van der Waals surface area contributed by atoms with Crippen molar-refractivity contribution in [1.29, 1.82) is 0 Å². The van der Waals surface area contributed by atoms with Crippen molar-refractivity contribution in [3.63, 3.8) is 0 Å². The van der Waals surface area contributed by atoms with Crippen LogP contribution in [0.3, 0.4) is 0 Å². The van der Waals surface area contributed by atoms with Crippen molar-refractivity contribution in [3.8, 4) is 0 Å². The molecule has 0 amide bonds. The van der Waals surface area contributed by atoms with Gasteiger partial charge in [0.2, 0.25) is 0 Å². The van der Waals surface area contributed by atoms with Crippen molar-refractivity contribution in [1.82, 2.24) is 4.90 Å². The van der Waals surface area contributed by atoms with Crippen LogP contribution in [0.15, 0.2) is 0 Å². The van der Waals surface area contributed by atoms with E-state index in [0.29, 0.717) is 0 Å². The Hall–Kier alpha value is 0.540. The van der Waals surface area contributed by atoms with Gasteiger partial charge in [0, 0.05) is 13.1 Å². The zero-order chi connectivity index (χ0) is 6.69. The summed E-state index contributed by atoms with van der Waals surface area (Å²) in [5.74, 6) is 0. The maximum Gasteiger partial charge on any atom is 0.160 e. The Morgan fingerprint density at radius 3 is 1.89 bits per heavy atom. The first kappa shape index (κ1) is 7.64. The summed E-state index contributed by atoms with van der Waals surface area (Å²) in [4.78, 5) is 1.80. The maximum absolute atomic E-state index is 5.65. The molecule has 0 N–H and O–H groups in total. The molecule has 0 bridgehead atoms. The normalized spacial score (nSPS) is 23.0. The zero-order valence-electron chi connectivity index (χ0n) is 5.32. The fourth-order valence-corrected chi connectivity index (χ4v) is 1.50. The van der Waals surface area contributed by atoms with Crippen LogP contribution in [0.1, 0.15) is 19.3 Å². The van der Waals surface area contributed by atoms with Crippen molar-refractivity contribution in [2.45, 2.75) is 24.2 Å². The lowest BCUT2D eigenvalue weighted by Gasteiger charge is -2.26. The van der Waals surface area contributed by atoms with Gasteiger partial charge < -0.3 is 0 Å². The van der Waals surface area contributed by atoms with Crippen LogP contribution in [0.2, 0.25) is 0 Å². The summed E-state index contributed by atoms with van der Waals surface area (Å²) in [5.41, 5.74) is 0. The molecule has 54 valence electrons. The van der Waals surface area contributed by atoms with E-state index < -0.39 is 0 Å². The second-order valence-corrected chi connectivity index (χ2v) is 3.42. The second kappa shape index (κ2) is 3.65. The second-order valence-electron chi connectivity index (χ2n) is 2.37. The van der Waals surface area contributed by atoms with Crippen molar-refractivity contribution in [2.24, 2.45) is 0 Å². The van der Waals surface area contributed by atoms with Gasteiger partial charge in [0.05, 0.1) is 0 Å². The van der Waals surface area contributed by atoms with Crippen LogP contribution in [-0.4, -0.2) is 22.9 Å². The summed E-state index contributed by atoms with van der Waals surface area (Å²) < 4.78 is 0.